The molecule has 1 N–H and O–H groups in total. The summed E-state index contributed by atoms with van der Waals surface area (Å²) in [5.74, 6) is 0.106. The molecule has 0 aromatic heterocycles. The van der Waals surface area contributed by atoms with E-state index in [9.17, 15) is 9.18 Å². The Bertz CT molecular complexity index is 485. The topological polar surface area (TPSA) is 41.6 Å². The zero-order valence-corrected chi connectivity index (χ0v) is 14.6. The van der Waals surface area contributed by atoms with Gasteiger partial charge in [-0.15, -0.1) is 0 Å². The number of amides is 1. The minimum atomic E-state index is -0.534. The molecule has 24 heavy (non-hydrogen) atoms. The minimum Gasteiger partial charge on any atom is -0.481 e. The molecule has 5 heteroatoms. The van der Waals surface area contributed by atoms with Crippen LogP contribution in [-0.4, -0.2) is 43.1 Å². The molecule has 1 aliphatic heterocycles. The summed E-state index contributed by atoms with van der Waals surface area (Å²) in [5, 5.41) is 2.96. The molecule has 1 fully saturated rings. The molecule has 0 radical (unpaired) electrons. The molecule has 2 rings (SSSR count). The van der Waals surface area contributed by atoms with Gasteiger partial charge in [0.25, 0.3) is 5.91 Å². The number of nitrogens with one attached hydrogen (secondary N) is 1. The molecule has 0 aliphatic carbocycles. The summed E-state index contributed by atoms with van der Waals surface area (Å²) in [5.41, 5.74) is 0. The molecule has 1 atom stereocenters. The molecule has 1 aromatic rings. The lowest BCUT2D eigenvalue weighted by Gasteiger charge is -2.20. The van der Waals surface area contributed by atoms with Gasteiger partial charge in [0.1, 0.15) is 11.6 Å². The van der Waals surface area contributed by atoms with Crippen LogP contribution in [0.3, 0.4) is 0 Å². The molecule has 134 valence electrons. The van der Waals surface area contributed by atoms with E-state index in [0.717, 1.165) is 13.0 Å². The summed E-state index contributed by atoms with van der Waals surface area (Å²) < 4.78 is 18.6. The lowest BCUT2D eigenvalue weighted by atomic mass is 10.2. The van der Waals surface area contributed by atoms with Crippen molar-refractivity contribution < 1.29 is 13.9 Å². The van der Waals surface area contributed by atoms with E-state index in [4.69, 9.17) is 4.74 Å². The number of carbonyl (C=O) groups excluding carboxylic acids is 1. The van der Waals surface area contributed by atoms with Gasteiger partial charge in [-0.25, -0.2) is 4.39 Å². The van der Waals surface area contributed by atoms with Gasteiger partial charge in [-0.3, -0.25) is 4.79 Å². The first-order valence-electron chi connectivity index (χ1n) is 9.11. The third kappa shape index (κ3) is 6.48. The number of ether oxygens (including phenoxy) is 1. The Labute approximate surface area is 144 Å². The molecule has 0 bridgehead atoms. The van der Waals surface area contributed by atoms with Crippen molar-refractivity contribution in [3.05, 3.63) is 30.1 Å². The number of halogens is 1. The summed E-state index contributed by atoms with van der Waals surface area (Å²) >= 11 is 0. The zero-order chi connectivity index (χ0) is 17.2. The third-order valence-corrected chi connectivity index (χ3v) is 4.40. The predicted octanol–water partition coefficient (Wildman–Crippen LogP) is 3.37. The van der Waals surface area contributed by atoms with Gasteiger partial charge in [-0.2, -0.15) is 0 Å². The Balaban J connectivity index is 1.68. The molecule has 1 heterocycles. The minimum absolute atomic E-state index is 0.0994. The fourth-order valence-corrected chi connectivity index (χ4v) is 2.99. The van der Waals surface area contributed by atoms with E-state index in [1.807, 2.05) is 6.92 Å². The molecule has 1 aliphatic rings. The van der Waals surface area contributed by atoms with Crippen LogP contribution in [0.15, 0.2) is 24.3 Å². The SMILES string of the molecule is CCC(Oc1ccc(F)cc1)C(=O)NCCCN1CCCCCC1. The van der Waals surface area contributed by atoms with Crippen LogP contribution < -0.4 is 10.1 Å². The lowest BCUT2D eigenvalue weighted by Crippen LogP contribution is -2.39. The second kappa shape index (κ2) is 10.3. The second-order valence-corrected chi connectivity index (χ2v) is 6.37. The van der Waals surface area contributed by atoms with Crippen LogP contribution in [0.5, 0.6) is 5.75 Å². The average molecular weight is 336 g/mol. The van der Waals surface area contributed by atoms with Crippen molar-refractivity contribution in [3.8, 4) is 5.75 Å². The summed E-state index contributed by atoms with van der Waals surface area (Å²) in [6, 6.07) is 5.76. The fourth-order valence-electron chi connectivity index (χ4n) is 2.99. The number of hydrogen-bond acceptors (Lipinski definition) is 3. The zero-order valence-electron chi connectivity index (χ0n) is 14.6. The summed E-state index contributed by atoms with van der Waals surface area (Å²) in [7, 11) is 0. The quantitative estimate of drug-likeness (QED) is 0.740. The van der Waals surface area contributed by atoms with Gasteiger partial charge >= 0.3 is 0 Å². The predicted molar refractivity (Wildman–Crippen MR) is 93.6 cm³/mol. The van der Waals surface area contributed by atoms with Gasteiger partial charge in [0.05, 0.1) is 0 Å². The molecule has 4 nitrogen and oxygen atoms in total. The van der Waals surface area contributed by atoms with Crippen LogP contribution in [0.2, 0.25) is 0 Å². The monoisotopic (exact) mass is 336 g/mol. The van der Waals surface area contributed by atoms with Gasteiger partial charge in [0.15, 0.2) is 6.10 Å². The van der Waals surface area contributed by atoms with Crippen LogP contribution in [0.1, 0.15) is 45.4 Å². The van der Waals surface area contributed by atoms with E-state index in [2.05, 4.69) is 10.2 Å². The van der Waals surface area contributed by atoms with Crippen LogP contribution >= 0.6 is 0 Å². The first-order valence-corrected chi connectivity index (χ1v) is 9.11. The highest BCUT2D eigenvalue weighted by Crippen LogP contribution is 2.14. The first-order chi connectivity index (χ1) is 11.7. The number of likely N-dealkylation sites (tertiary alicyclic amines) is 1. The highest BCUT2D eigenvalue weighted by Gasteiger charge is 2.18. The molecule has 1 unspecified atom stereocenters. The van der Waals surface area contributed by atoms with Crippen molar-refractivity contribution in [1.29, 1.82) is 0 Å². The number of hydrogen-bond donors (Lipinski definition) is 1. The van der Waals surface area contributed by atoms with Crippen molar-refractivity contribution in [3.63, 3.8) is 0 Å². The van der Waals surface area contributed by atoms with Crippen LogP contribution in [-0.2, 0) is 4.79 Å². The third-order valence-electron chi connectivity index (χ3n) is 4.40. The number of benzene rings is 1. The fraction of sp³-hybridized carbons (Fsp3) is 0.632. The van der Waals surface area contributed by atoms with Crippen molar-refractivity contribution in [2.45, 2.75) is 51.6 Å². The largest absolute Gasteiger partial charge is 0.481 e. The first kappa shape index (κ1) is 18.7. The molecule has 1 amide bonds. The Kier molecular flexibility index (Phi) is 8.02. The van der Waals surface area contributed by atoms with Gasteiger partial charge < -0.3 is 15.0 Å². The summed E-state index contributed by atoms with van der Waals surface area (Å²) in [6.07, 6.45) is 6.26. The summed E-state index contributed by atoms with van der Waals surface area (Å²) in [6.45, 7) is 5.97. The van der Waals surface area contributed by atoms with E-state index in [-0.39, 0.29) is 11.7 Å². The van der Waals surface area contributed by atoms with Crippen LogP contribution in [0, 0.1) is 5.82 Å². The molecule has 1 saturated heterocycles. The Morgan fingerprint density at radius 3 is 2.50 bits per heavy atom. The number of rotatable bonds is 8. The van der Waals surface area contributed by atoms with E-state index in [1.165, 1.54) is 50.9 Å². The Morgan fingerprint density at radius 1 is 1.21 bits per heavy atom. The van der Waals surface area contributed by atoms with Crippen molar-refractivity contribution in [1.82, 2.24) is 10.2 Å². The van der Waals surface area contributed by atoms with E-state index < -0.39 is 6.10 Å². The van der Waals surface area contributed by atoms with Gasteiger partial charge in [-0.1, -0.05) is 19.8 Å². The van der Waals surface area contributed by atoms with Gasteiger partial charge in [0, 0.05) is 6.54 Å². The Morgan fingerprint density at radius 2 is 1.88 bits per heavy atom. The van der Waals surface area contributed by atoms with Crippen LogP contribution in [0.25, 0.3) is 0 Å². The molecule has 1 aromatic carbocycles. The van der Waals surface area contributed by atoms with Crippen LogP contribution in [0.4, 0.5) is 4.39 Å². The molecular weight excluding hydrogens is 307 g/mol. The highest BCUT2D eigenvalue weighted by molar-refractivity contribution is 5.81. The maximum atomic E-state index is 12.9. The van der Waals surface area contributed by atoms with Crippen molar-refractivity contribution in [2.24, 2.45) is 0 Å². The standard InChI is InChI=1S/C19H29FN2O2/c1-2-18(24-17-10-8-16(20)9-11-17)19(23)21-12-7-15-22-13-5-3-4-6-14-22/h8-11,18H,2-7,12-15H2,1H3,(H,21,23). The molecular formula is C19H29FN2O2. The van der Waals surface area contributed by atoms with Crippen molar-refractivity contribution >= 4 is 5.91 Å². The maximum Gasteiger partial charge on any atom is 0.261 e. The smallest absolute Gasteiger partial charge is 0.261 e. The van der Waals surface area contributed by atoms with E-state index in [0.29, 0.717) is 18.7 Å². The maximum absolute atomic E-state index is 12.9. The number of nitrogens with zero attached hydrogens (tertiary/aromatic N) is 1. The van der Waals surface area contributed by atoms with E-state index in [1.54, 1.807) is 12.1 Å². The molecule has 0 saturated carbocycles. The second-order valence-electron chi connectivity index (χ2n) is 6.37. The van der Waals surface area contributed by atoms with Gasteiger partial charge in [-0.05, 0) is 69.6 Å². The normalized spacial score (nSPS) is 17.1. The molecule has 0 spiro atoms. The van der Waals surface area contributed by atoms with Crippen molar-refractivity contribution in [2.75, 3.05) is 26.2 Å². The van der Waals surface area contributed by atoms with Gasteiger partial charge in [0.2, 0.25) is 0 Å². The highest BCUT2D eigenvalue weighted by atomic mass is 19.1. The average Bonchev–Trinajstić information content (AvgIpc) is 2.87. The lowest BCUT2D eigenvalue weighted by molar-refractivity contribution is -0.128. The Hall–Kier alpha value is -1.62. The van der Waals surface area contributed by atoms with E-state index >= 15 is 0 Å². The number of carbonyl (C=O) groups is 1. The summed E-state index contributed by atoms with van der Waals surface area (Å²) in [4.78, 5) is 14.7.